The molecule has 0 saturated carbocycles. The Bertz CT molecular complexity index is 158. The molecule has 0 radical (unpaired) electrons. The topological polar surface area (TPSA) is 21.3 Å². The molecule has 1 heterocycles. The van der Waals surface area contributed by atoms with E-state index in [0.29, 0.717) is 12.0 Å². The summed E-state index contributed by atoms with van der Waals surface area (Å²) in [5.74, 6) is 0.687. The Morgan fingerprint density at radius 2 is 2.27 bits per heavy atom. The summed E-state index contributed by atoms with van der Waals surface area (Å²) >= 11 is 6.18. The Kier molecular flexibility index (Phi) is 6.62. The van der Waals surface area contributed by atoms with E-state index >= 15 is 0 Å². The van der Waals surface area contributed by atoms with Gasteiger partial charge in [0.2, 0.25) is 0 Å². The summed E-state index contributed by atoms with van der Waals surface area (Å²) in [5, 5.41) is 3.68. The van der Waals surface area contributed by atoms with E-state index in [1.54, 1.807) is 0 Å². The quantitative estimate of drug-likeness (QED) is 0.540. The SMILES string of the molecule is CC(C)CC(Cl)CNCCC1CCCO1. The highest BCUT2D eigenvalue weighted by Crippen LogP contribution is 2.14. The largest absolute Gasteiger partial charge is 0.378 e. The second kappa shape index (κ2) is 7.48. The van der Waals surface area contributed by atoms with Gasteiger partial charge in [-0.3, -0.25) is 0 Å². The normalized spacial score (nSPS) is 23.6. The zero-order valence-electron chi connectivity index (χ0n) is 9.97. The van der Waals surface area contributed by atoms with Gasteiger partial charge in [-0.25, -0.2) is 0 Å². The highest BCUT2D eigenvalue weighted by Gasteiger charge is 2.14. The number of ether oxygens (including phenoxy) is 1. The summed E-state index contributed by atoms with van der Waals surface area (Å²) in [4.78, 5) is 0. The van der Waals surface area contributed by atoms with Crippen molar-refractivity contribution >= 4 is 11.6 Å². The first-order chi connectivity index (χ1) is 7.18. The first-order valence-electron chi connectivity index (χ1n) is 6.15. The van der Waals surface area contributed by atoms with Gasteiger partial charge in [0.15, 0.2) is 0 Å². The van der Waals surface area contributed by atoms with Crippen LogP contribution in [0.15, 0.2) is 0 Å². The number of nitrogens with one attached hydrogen (secondary N) is 1. The molecule has 1 saturated heterocycles. The van der Waals surface area contributed by atoms with E-state index in [0.717, 1.165) is 32.5 Å². The van der Waals surface area contributed by atoms with E-state index < -0.39 is 0 Å². The van der Waals surface area contributed by atoms with Gasteiger partial charge in [-0.05, 0) is 38.1 Å². The molecule has 2 nitrogen and oxygen atoms in total. The highest BCUT2D eigenvalue weighted by molar-refractivity contribution is 6.20. The highest BCUT2D eigenvalue weighted by atomic mass is 35.5. The number of alkyl halides is 1. The predicted molar refractivity (Wildman–Crippen MR) is 65.6 cm³/mol. The molecule has 1 N–H and O–H groups in total. The van der Waals surface area contributed by atoms with Crippen LogP contribution in [0, 0.1) is 5.92 Å². The van der Waals surface area contributed by atoms with Gasteiger partial charge in [0.05, 0.1) is 6.10 Å². The van der Waals surface area contributed by atoms with Crippen molar-refractivity contribution in [2.75, 3.05) is 19.7 Å². The van der Waals surface area contributed by atoms with E-state index in [4.69, 9.17) is 16.3 Å². The van der Waals surface area contributed by atoms with Gasteiger partial charge in [0.1, 0.15) is 0 Å². The van der Waals surface area contributed by atoms with Gasteiger partial charge in [-0.1, -0.05) is 13.8 Å². The van der Waals surface area contributed by atoms with E-state index in [9.17, 15) is 0 Å². The number of halogens is 1. The molecular weight excluding hydrogens is 210 g/mol. The summed E-state index contributed by atoms with van der Waals surface area (Å²) in [5.41, 5.74) is 0. The number of hydrogen-bond acceptors (Lipinski definition) is 2. The first-order valence-corrected chi connectivity index (χ1v) is 6.58. The monoisotopic (exact) mass is 233 g/mol. The van der Waals surface area contributed by atoms with Crippen LogP contribution in [0.5, 0.6) is 0 Å². The standard InChI is InChI=1S/C12H24ClNO/c1-10(2)8-11(13)9-14-6-5-12-4-3-7-15-12/h10-12,14H,3-9H2,1-2H3. The van der Waals surface area contributed by atoms with Crippen LogP contribution >= 0.6 is 11.6 Å². The molecule has 2 unspecified atom stereocenters. The fraction of sp³-hybridized carbons (Fsp3) is 1.00. The van der Waals surface area contributed by atoms with E-state index in [1.165, 1.54) is 12.8 Å². The minimum Gasteiger partial charge on any atom is -0.378 e. The maximum absolute atomic E-state index is 6.18. The first kappa shape index (κ1) is 13.3. The lowest BCUT2D eigenvalue weighted by Gasteiger charge is -2.14. The van der Waals surface area contributed by atoms with Crippen LogP contribution in [0.3, 0.4) is 0 Å². The molecule has 0 aromatic heterocycles. The van der Waals surface area contributed by atoms with Gasteiger partial charge < -0.3 is 10.1 Å². The maximum Gasteiger partial charge on any atom is 0.0588 e. The fourth-order valence-electron chi connectivity index (χ4n) is 1.99. The summed E-state index contributed by atoms with van der Waals surface area (Å²) in [7, 11) is 0. The number of hydrogen-bond donors (Lipinski definition) is 1. The summed E-state index contributed by atoms with van der Waals surface area (Å²) in [6.07, 6.45) is 5.19. The third kappa shape index (κ3) is 6.39. The molecule has 3 heteroatoms. The Morgan fingerprint density at radius 3 is 2.87 bits per heavy atom. The minimum atomic E-state index is 0.273. The Labute approximate surface area is 98.7 Å². The smallest absolute Gasteiger partial charge is 0.0588 e. The van der Waals surface area contributed by atoms with E-state index in [1.807, 2.05) is 0 Å². The second-order valence-corrected chi connectivity index (χ2v) is 5.47. The molecule has 0 aromatic rings. The molecule has 1 fully saturated rings. The minimum absolute atomic E-state index is 0.273. The number of rotatable bonds is 7. The van der Waals surface area contributed by atoms with Crippen LogP contribution < -0.4 is 5.32 Å². The van der Waals surface area contributed by atoms with Crippen LogP contribution in [0.4, 0.5) is 0 Å². The van der Waals surface area contributed by atoms with Crippen LogP contribution in [0.2, 0.25) is 0 Å². The van der Waals surface area contributed by atoms with Gasteiger partial charge in [0, 0.05) is 18.5 Å². The summed E-state index contributed by atoms with van der Waals surface area (Å²) < 4.78 is 5.55. The molecule has 90 valence electrons. The molecular formula is C12H24ClNO. The van der Waals surface area contributed by atoms with Gasteiger partial charge in [-0.15, -0.1) is 11.6 Å². The predicted octanol–water partition coefficient (Wildman–Crippen LogP) is 2.80. The molecule has 15 heavy (non-hydrogen) atoms. The zero-order chi connectivity index (χ0) is 11.1. The zero-order valence-corrected chi connectivity index (χ0v) is 10.7. The molecule has 1 rings (SSSR count). The lowest BCUT2D eigenvalue weighted by Crippen LogP contribution is -2.27. The van der Waals surface area contributed by atoms with Crippen molar-refractivity contribution in [2.24, 2.45) is 5.92 Å². The molecule has 0 amide bonds. The molecule has 2 atom stereocenters. The van der Waals surface area contributed by atoms with E-state index in [-0.39, 0.29) is 5.38 Å². The molecule has 1 aliphatic heterocycles. The van der Waals surface area contributed by atoms with Crippen molar-refractivity contribution < 1.29 is 4.74 Å². The average Bonchev–Trinajstić information content (AvgIpc) is 2.63. The van der Waals surface area contributed by atoms with Crippen LogP contribution in [0.1, 0.15) is 39.5 Å². The summed E-state index contributed by atoms with van der Waals surface area (Å²) in [6, 6.07) is 0. The van der Waals surface area contributed by atoms with Crippen molar-refractivity contribution in [1.29, 1.82) is 0 Å². The molecule has 1 aliphatic rings. The van der Waals surface area contributed by atoms with Crippen molar-refractivity contribution in [3.63, 3.8) is 0 Å². The third-order valence-electron chi connectivity index (χ3n) is 2.76. The lowest BCUT2D eigenvalue weighted by molar-refractivity contribution is 0.104. The van der Waals surface area contributed by atoms with Crippen molar-refractivity contribution in [2.45, 2.75) is 51.0 Å². The Morgan fingerprint density at radius 1 is 1.47 bits per heavy atom. The van der Waals surface area contributed by atoms with Crippen molar-refractivity contribution in [3.05, 3.63) is 0 Å². The van der Waals surface area contributed by atoms with Crippen LogP contribution in [-0.4, -0.2) is 31.2 Å². The van der Waals surface area contributed by atoms with Crippen molar-refractivity contribution in [1.82, 2.24) is 5.32 Å². The third-order valence-corrected chi connectivity index (χ3v) is 3.09. The second-order valence-electron chi connectivity index (χ2n) is 4.85. The molecule has 0 spiro atoms. The Hall–Kier alpha value is 0.210. The van der Waals surface area contributed by atoms with Crippen LogP contribution in [0.25, 0.3) is 0 Å². The Balaban J connectivity index is 1.91. The van der Waals surface area contributed by atoms with Gasteiger partial charge in [0.25, 0.3) is 0 Å². The average molecular weight is 234 g/mol. The maximum atomic E-state index is 6.18. The molecule has 0 bridgehead atoms. The van der Waals surface area contributed by atoms with Gasteiger partial charge >= 0.3 is 0 Å². The summed E-state index contributed by atoms with van der Waals surface area (Å²) in [6.45, 7) is 7.33. The fourth-order valence-corrected chi connectivity index (χ4v) is 2.45. The van der Waals surface area contributed by atoms with Gasteiger partial charge in [-0.2, -0.15) is 0 Å². The lowest BCUT2D eigenvalue weighted by atomic mass is 10.1. The molecule has 0 aromatic carbocycles. The van der Waals surface area contributed by atoms with E-state index in [2.05, 4.69) is 19.2 Å². The molecule has 0 aliphatic carbocycles. The van der Waals surface area contributed by atoms with Crippen LogP contribution in [-0.2, 0) is 4.74 Å². The van der Waals surface area contributed by atoms with Crippen molar-refractivity contribution in [3.8, 4) is 0 Å².